The monoisotopic (exact) mass is 393 g/mol. The van der Waals surface area contributed by atoms with Gasteiger partial charge in [0.25, 0.3) is 10.1 Å². The van der Waals surface area contributed by atoms with Crippen LogP contribution in [0.15, 0.2) is 70.5 Å². The summed E-state index contributed by atoms with van der Waals surface area (Å²) >= 11 is 0. The summed E-state index contributed by atoms with van der Waals surface area (Å²) in [5.74, 6) is 0. The molecule has 138 valence electrons. The zero-order chi connectivity index (χ0) is 18.4. The van der Waals surface area contributed by atoms with E-state index in [1.54, 1.807) is 48.5 Å². The first kappa shape index (κ1) is 17.7. The molecule has 1 saturated heterocycles. The van der Waals surface area contributed by atoms with Crippen molar-refractivity contribution in [2.75, 3.05) is 13.1 Å². The van der Waals surface area contributed by atoms with Gasteiger partial charge in [0, 0.05) is 18.5 Å². The van der Waals surface area contributed by atoms with E-state index in [4.69, 9.17) is 4.18 Å². The predicted molar refractivity (Wildman–Crippen MR) is 95.4 cm³/mol. The van der Waals surface area contributed by atoms with Crippen LogP contribution in [0, 0.1) is 5.41 Å². The number of sulfonamides is 1. The molecule has 2 fully saturated rings. The second-order valence-electron chi connectivity index (χ2n) is 6.98. The van der Waals surface area contributed by atoms with Crippen LogP contribution in [-0.4, -0.2) is 40.3 Å². The van der Waals surface area contributed by atoms with E-state index >= 15 is 0 Å². The van der Waals surface area contributed by atoms with Crippen molar-refractivity contribution in [1.29, 1.82) is 0 Å². The average molecular weight is 393 g/mol. The molecule has 0 amide bonds. The van der Waals surface area contributed by atoms with E-state index < -0.39 is 20.1 Å². The van der Waals surface area contributed by atoms with Gasteiger partial charge >= 0.3 is 0 Å². The lowest BCUT2D eigenvalue weighted by atomic mass is 9.63. The highest BCUT2D eigenvalue weighted by Crippen LogP contribution is 2.51. The molecule has 2 aromatic carbocycles. The zero-order valence-electron chi connectivity index (χ0n) is 14.0. The fourth-order valence-corrected chi connectivity index (χ4v) is 6.45. The molecule has 6 nitrogen and oxygen atoms in total. The first-order chi connectivity index (χ1) is 12.3. The van der Waals surface area contributed by atoms with Crippen molar-refractivity contribution < 1.29 is 21.0 Å². The van der Waals surface area contributed by atoms with Crippen molar-refractivity contribution in [3.63, 3.8) is 0 Å². The molecule has 0 N–H and O–H groups in total. The van der Waals surface area contributed by atoms with E-state index in [2.05, 4.69) is 0 Å². The third kappa shape index (κ3) is 3.07. The van der Waals surface area contributed by atoms with Crippen LogP contribution in [0.25, 0.3) is 0 Å². The van der Waals surface area contributed by atoms with E-state index in [0.29, 0.717) is 25.9 Å². The summed E-state index contributed by atoms with van der Waals surface area (Å²) in [5.41, 5.74) is -0.154. The van der Waals surface area contributed by atoms with Crippen LogP contribution in [0.1, 0.15) is 12.8 Å². The van der Waals surface area contributed by atoms with E-state index in [1.165, 1.54) is 16.4 Å². The van der Waals surface area contributed by atoms with Crippen LogP contribution in [0.5, 0.6) is 0 Å². The fraction of sp³-hybridized carbons (Fsp3) is 0.333. The normalized spacial score (nSPS) is 20.5. The number of benzene rings is 2. The van der Waals surface area contributed by atoms with Crippen molar-refractivity contribution in [3.8, 4) is 0 Å². The smallest absolute Gasteiger partial charge is 0.263 e. The summed E-state index contributed by atoms with van der Waals surface area (Å²) in [5, 5.41) is 0. The minimum atomic E-state index is -3.77. The van der Waals surface area contributed by atoms with Crippen LogP contribution in [-0.2, 0) is 24.3 Å². The molecule has 2 aliphatic rings. The Balaban J connectivity index is 1.35. The molecular weight excluding hydrogens is 374 g/mol. The van der Waals surface area contributed by atoms with Crippen molar-refractivity contribution in [2.45, 2.75) is 28.7 Å². The molecule has 0 aromatic heterocycles. The Bertz CT molecular complexity index is 990. The molecule has 1 aliphatic carbocycles. The van der Waals surface area contributed by atoms with Crippen LogP contribution >= 0.6 is 0 Å². The lowest BCUT2D eigenvalue weighted by molar-refractivity contribution is -0.0848. The summed E-state index contributed by atoms with van der Waals surface area (Å²) < 4.78 is 56.3. The summed E-state index contributed by atoms with van der Waals surface area (Å²) in [4.78, 5) is 0.427. The van der Waals surface area contributed by atoms with Gasteiger partial charge in [-0.2, -0.15) is 12.7 Å². The summed E-state index contributed by atoms with van der Waals surface area (Å²) in [6.07, 6.45) is 0.724. The highest BCUT2D eigenvalue weighted by atomic mass is 32.2. The van der Waals surface area contributed by atoms with Gasteiger partial charge in [-0.05, 0) is 37.1 Å². The second kappa shape index (κ2) is 6.16. The first-order valence-electron chi connectivity index (χ1n) is 8.34. The molecule has 0 unspecified atom stereocenters. The molecule has 26 heavy (non-hydrogen) atoms. The van der Waals surface area contributed by atoms with Crippen molar-refractivity contribution >= 4 is 20.1 Å². The topological polar surface area (TPSA) is 80.8 Å². The van der Waals surface area contributed by atoms with Gasteiger partial charge in [0.2, 0.25) is 10.0 Å². The highest BCUT2D eigenvalue weighted by Gasteiger charge is 2.57. The molecule has 2 aromatic rings. The Morgan fingerprint density at radius 2 is 1.31 bits per heavy atom. The number of hydrogen-bond donors (Lipinski definition) is 0. The number of rotatable bonds is 5. The molecule has 0 bridgehead atoms. The molecule has 0 atom stereocenters. The molecule has 1 aliphatic heterocycles. The van der Waals surface area contributed by atoms with Crippen molar-refractivity contribution in [2.24, 2.45) is 5.41 Å². The SMILES string of the molecule is O=S(=O)(OC1CC2(C1)CN(S(=O)(=O)c1ccccc1)C2)c1ccccc1. The molecule has 8 heteroatoms. The molecule has 0 radical (unpaired) electrons. The van der Waals surface area contributed by atoms with Gasteiger partial charge in [0.05, 0.1) is 15.9 Å². The Morgan fingerprint density at radius 1 is 0.808 bits per heavy atom. The Labute approximate surface area is 153 Å². The van der Waals surface area contributed by atoms with Crippen LogP contribution < -0.4 is 0 Å². The zero-order valence-corrected chi connectivity index (χ0v) is 15.6. The van der Waals surface area contributed by atoms with E-state index in [1.807, 2.05) is 0 Å². The van der Waals surface area contributed by atoms with Crippen LogP contribution in [0.3, 0.4) is 0 Å². The van der Waals surface area contributed by atoms with Crippen molar-refractivity contribution in [1.82, 2.24) is 4.31 Å². The molecule has 1 heterocycles. The second-order valence-corrected chi connectivity index (χ2v) is 10.5. The minimum Gasteiger partial charge on any atom is -0.263 e. The molecule has 1 saturated carbocycles. The fourth-order valence-electron chi connectivity index (χ4n) is 3.67. The number of hydrogen-bond acceptors (Lipinski definition) is 5. The molecular formula is C18H19NO5S2. The predicted octanol–water partition coefficient (Wildman–Crippen LogP) is 2.25. The Morgan fingerprint density at radius 3 is 1.85 bits per heavy atom. The first-order valence-corrected chi connectivity index (χ1v) is 11.2. The Kier molecular flexibility index (Phi) is 4.18. The quantitative estimate of drug-likeness (QED) is 0.728. The van der Waals surface area contributed by atoms with Gasteiger partial charge in [-0.1, -0.05) is 36.4 Å². The van der Waals surface area contributed by atoms with Gasteiger partial charge < -0.3 is 0 Å². The van der Waals surface area contributed by atoms with E-state index in [-0.39, 0.29) is 21.3 Å². The lowest BCUT2D eigenvalue weighted by Gasteiger charge is -2.57. The maximum atomic E-state index is 12.5. The van der Waals surface area contributed by atoms with Crippen molar-refractivity contribution in [3.05, 3.63) is 60.7 Å². The van der Waals surface area contributed by atoms with Gasteiger partial charge in [0.15, 0.2) is 0 Å². The molecule has 4 rings (SSSR count). The maximum Gasteiger partial charge on any atom is 0.297 e. The largest absolute Gasteiger partial charge is 0.297 e. The summed E-state index contributed by atoms with van der Waals surface area (Å²) in [7, 11) is -7.24. The molecule has 1 spiro atoms. The van der Waals surface area contributed by atoms with Crippen LogP contribution in [0.2, 0.25) is 0 Å². The van der Waals surface area contributed by atoms with Gasteiger partial charge in [0.1, 0.15) is 0 Å². The Hall–Kier alpha value is -1.74. The minimum absolute atomic E-state index is 0.142. The van der Waals surface area contributed by atoms with Gasteiger partial charge in [-0.3, -0.25) is 4.18 Å². The summed E-state index contributed by atoms with van der Waals surface area (Å²) in [6, 6.07) is 16.4. The van der Waals surface area contributed by atoms with E-state index in [0.717, 1.165) is 0 Å². The van der Waals surface area contributed by atoms with E-state index in [9.17, 15) is 16.8 Å². The van der Waals surface area contributed by atoms with Crippen LogP contribution in [0.4, 0.5) is 0 Å². The summed E-state index contributed by atoms with van der Waals surface area (Å²) in [6.45, 7) is 0.824. The number of nitrogens with zero attached hydrogens (tertiary/aromatic N) is 1. The average Bonchev–Trinajstić information content (AvgIpc) is 2.57. The third-order valence-corrected chi connectivity index (χ3v) is 8.20. The van der Waals surface area contributed by atoms with Gasteiger partial charge in [-0.15, -0.1) is 0 Å². The highest BCUT2D eigenvalue weighted by molar-refractivity contribution is 7.89. The third-order valence-electron chi connectivity index (χ3n) is 5.02. The standard InChI is InChI=1S/C18H19NO5S2/c20-25(21,16-7-3-1-4-8-16)19-13-18(14-19)11-15(12-18)24-26(22,23)17-9-5-2-6-10-17/h1-10,15H,11-14H2. The van der Waals surface area contributed by atoms with Gasteiger partial charge in [-0.25, -0.2) is 8.42 Å². The maximum absolute atomic E-state index is 12.5. The lowest BCUT2D eigenvalue weighted by Crippen LogP contribution is -2.65.